The maximum absolute atomic E-state index is 13.3. The van der Waals surface area contributed by atoms with Crippen LogP contribution in [-0.2, 0) is 10.0 Å². The molecule has 10 heteroatoms. The third-order valence-corrected chi connectivity index (χ3v) is 8.16. The number of hydrogen-bond donors (Lipinski definition) is 0. The summed E-state index contributed by atoms with van der Waals surface area (Å²) in [6.45, 7) is 7.11. The third-order valence-electron chi connectivity index (χ3n) is 5.80. The number of carbonyl (C=O) groups is 2. The van der Waals surface area contributed by atoms with Gasteiger partial charge < -0.3 is 9.80 Å². The van der Waals surface area contributed by atoms with Crippen molar-refractivity contribution in [1.29, 1.82) is 0 Å². The van der Waals surface area contributed by atoms with Crippen molar-refractivity contribution in [2.24, 2.45) is 0 Å². The summed E-state index contributed by atoms with van der Waals surface area (Å²) in [5, 5.41) is 0.0420. The fourth-order valence-corrected chi connectivity index (χ4v) is 5.55. The second-order valence-electron chi connectivity index (χ2n) is 7.77. The molecule has 2 aromatic rings. The van der Waals surface area contributed by atoms with Gasteiger partial charge in [0.2, 0.25) is 10.0 Å². The molecule has 3 rings (SSSR count). The minimum absolute atomic E-state index is 0.0420. The molecular weight excluding hydrogens is 469 g/mol. The van der Waals surface area contributed by atoms with E-state index in [0.29, 0.717) is 24.2 Å². The summed E-state index contributed by atoms with van der Waals surface area (Å²) in [5.41, 5.74) is 1.21. The highest BCUT2D eigenvalue weighted by molar-refractivity contribution is 7.89. The number of sulfonamides is 1. The van der Waals surface area contributed by atoms with Crippen LogP contribution < -0.4 is 0 Å². The maximum Gasteiger partial charge on any atom is 0.255 e. The summed E-state index contributed by atoms with van der Waals surface area (Å²) in [6.07, 6.45) is 0. The molecule has 0 aliphatic carbocycles. The minimum atomic E-state index is -3.69. The van der Waals surface area contributed by atoms with E-state index in [1.165, 1.54) is 28.6 Å². The van der Waals surface area contributed by atoms with Gasteiger partial charge >= 0.3 is 0 Å². The molecule has 7 nitrogen and oxygen atoms in total. The molecule has 1 fully saturated rings. The van der Waals surface area contributed by atoms with Crippen LogP contribution in [-0.4, -0.2) is 73.6 Å². The molecule has 0 radical (unpaired) electrons. The largest absolute Gasteiger partial charge is 0.335 e. The fourth-order valence-electron chi connectivity index (χ4n) is 3.82. The van der Waals surface area contributed by atoms with Gasteiger partial charge in [0, 0.05) is 44.8 Å². The molecule has 2 amide bonds. The van der Waals surface area contributed by atoms with Crippen LogP contribution in [0.15, 0.2) is 41.3 Å². The van der Waals surface area contributed by atoms with Crippen LogP contribution in [0.1, 0.15) is 40.1 Å². The van der Waals surface area contributed by atoms with Crippen molar-refractivity contribution in [3.05, 3.63) is 63.9 Å². The average Bonchev–Trinajstić information content (AvgIpc) is 2.79. The monoisotopic (exact) mass is 495 g/mol. The van der Waals surface area contributed by atoms with E-state index in [1.54, 1.807) is 36.6 Å². The van der Waals surface area contributed by atoms with Crippen LogP contribution in [0.4, 0.5) is 4.39 Å². The first-order valence-electron chi connectivity index (χ1n) is 10.7. The molecule has 2 aromatic carbocycles. The van der Waals surface area contributed by atoms with E-state index < -0.39 is 15.8 Å². The first kappa shape index (κ1) is 25.1. The van der Waals surface area contributed by atoms with Crippen molar-refractivity contribution < 1.29 is 22.4 Å². The predicted octanol–water partition coefficient (Wildman–Crippen LogP) is 3.42. The Morgan fingerprint density at radius 3 is 2.00 bits per heavy atom. The summed E-state index contributed by atoms with van der Waals surface area (Å²) in [7, 11) is -3.69. The first-order valence-corrected chi connectivity index (χ1v) is 12.6. The van der Waals surface area contributed by atoms with Crippen molar-refractivity contribution in [3.63, 3.8) is 0 Å². The van der Waals surface area contributed by atoms with Crippen LogP contribution in [0, 0.1) is 12.7 Å². The van der Waals surface area contributed by atoms with E-state index in [0.717, 1.165) is 6.07 Å². The molecular formula is C23H27ClFN3O4S. The molecule has 178 valence electrons. The Morgan fingerprint density at radius 1 is 0.939 bits per heavy atom. The van der Waals surface area contributed by atoms with E-state index >= 15 is 0 Å². The summed E-state index contributed by atoms with van der Waals surface area (Å²) in [4.78, 5) is 29.2. The molecule has 0 spiro atoms. The second-order valence-corrected chi connectivity index (χ2v) is 10.1. The molecule has 0 saturated carbocycles. The zero-order chi connectivity index (χ0) is 24.3. The Kier molecular flexibility index (Phi) is 7.76. The van der Waals surface area contributed by atoms with E-state index in [-0.39, 0.29) is 53.5 Å². The number of halogens is 2. The van der Waals surface area contributed by atoms with Crippen molar-refractivity contribution in [2.75, 3.05) is 39.3 Å². The molecule has 33 heavy (non-hydrogen) atoms. The molecule has 0 aromatic heterocycles. The Bertz CT molecular complexity index is 1160. The zero-order valence-electron chi connectivity index (χ0n) is 18.8. The SMILES string of the molecule is CCN(CC)S(=O)(=O)c1ccc(C)c(C(=O)N2CCN(C(=O)c3ccc(F)cc3Cl)CC2)c1. The number of carbonyl (C=O) groups excluding carboxylic acids is 2. The normalized spacial score (nSPS) is 14.6. The van der Waals surface area contributed by atoms with Crippen LogP contribution >= 0.6 is 11.6 Å². The van der Waals surface area contributed by atoms with Crippen LogP contribution in [0.2, 0.25) is 5.02 Å². The van der Waals surface area contributed by atoms with Crippen molar-refractivity contribution in [1.82, 2.24) is 14.1 Å². The van der Waals surface area contributed by atoms with Gasteiger partial charge in [-0.2, -0.15) is 4.31 Å². The van der Waals surface area contributed by atoms with Gasteiger partial charge in [0.15, 0.2) is 0 Å². The third kappa shape index (κ3) is 5.20. The number of nitrogens with zero attached hydrogens (tertiary/aromatic N) is 3. The van der Waals surface area contributed by atoms with Crippen molar-refractivity contribution >= 4 is 33.4 Å². The summed E-state index contributed by atoms with van der Waals surface area (Å²) in [5.74, 6) is -1.13. The summed E-state index contributed by atoms with van der Waals surface area (Å²) >= 11 is 6.01. The highest BCUT2D eigenvalue weighted by atomic mass is 35.5. The topological polar surface area (TPSA) is 78.0 Å². The number of benzene rings is 2. The fraction of sp³-hybridized carbons (Fsp3) is 0.391. The molecule has 1 aliphatic heterocycles. The number of aryl methyl sites for hydroxylation is 1. The molecule has 0 bridgehead atoms. The highest BCUT2D eigenvalue weighted by Crippen LogP contribution is 2.23. The highest BCUT2D eigenvalue weighted by Gasteiger charge is 2.29. The van der Waals surface area contributed by atoms with Crippen LogP contribution in [0.3, 0.4) is 0 Å². The summed E-state index contributed by atoms with van der Waals surface area (Å²) < 4.78 is 40.4. The molecule has 1 saturated heterocycles. The van der Waals surface area contributed by atoms with Gasteiger partial charge in [-0.25, -0.2) is 12.8 Å². The van der Waals surface area contributed by atoms with Gasteiger partial charge in [0.05, 0.1) is 15.5 Å². The lowest BCUT2D eigenvalue weighted by Crippen LogP contribution is -2.50. The van der Waals surface area contributed by atoms with Gasteiger partial charge in [0.1, 0.15) is 5.82 Å². The van der Waals surface area contributed by atoms with E-state index in [2.05, 4.69) is 0 Å². The summed E-state index contributed by atoms with van der Waals surface area (Å²) in [6, 6.07) is 8.21. The van der Waals surface area contributed by atoms with Gasteiger partial charge in [-0.15, -0.1) is 0 Å². The van der Waals surface area contributed by atoms with Gasteiger partial charge in [-0.05, 0) is 42.8 Å². The molecule has 1 aliphatic rings. The Hall–Kier alpha value is -2.49. The Balaban J connectivity index is 1.75. The average molecular weight is 496 g/mol. The van der Waals surface area contributed by atoms with Crippen molar-refractivity contribution in [3.8, 4) is 0 Å². The van der Waals surface area contributed by atoms with E-state index in [1.807, 2.05) is 0 Å². The Labute approximate surface area is 198 Å². The minimum Gasteiger partial charge on any atom is -0.335 e. The second kappa shape index (κ2) is 10.2. The van der Waals surface area contributed by atoms with Crippen molar-refractivity contribution in [2.45, 2.75) is 25.7 Å². The number of piperazine rings is 1. The quantitative estimate of drug-likeness (QED) is 0.615. The molecule has 1 heterocycles. The maximum atomic E-state index is 13.3. The number of hydrogen-bond acceptors (Lipinski definition) is 4. The van der Waals surface area contributed by atoms with Gasteiger partial charge in [-0.3, -0.25) is 9.59 Å². The standard InChI is InChI=1S/C23H27ClFN3O4S/c1-4-28(5-2)33(31,32)18-8-6-16(3)20(15-18)23(30)27-12-10-26(11-13-27)22(29)19-9-7-17(25)14-21(19)24/h6-9,14-15H,4-5,10-13H2,1-3H3. The van der Waals surface area contributed by atoms with Crippen LogP contribution in [0.5, 0.6) is 0 Å². The Morgan fingerprint density at radius 2 is 1.48 bits per heavy atom. The lowest BCUT2D eigenvalue weighted by molar-refractivity contribution is 0.0535. The van der Waals surface area contributed by atoms with Gasteiger partial charge in [-0.1, -0.05) is 31.5 Å². The predicted molar refractivity (Wildman–Crippen MR) is 125 cm³/mol. The zero-order valence-corrected chi connectivity index (χ0v) is 20.4. The van der Waals surface area contributed by atoms with E-state index in [4.69, 9.17) is 11.6 Å². The lowest BCUT2D eigenvalue weighted by Gasteiger charge is -2.35. The number of rotatable bonds is 6. The number of amides is 2. The smallest absolute Gasteiger partial charge is 0.255 e. The molecule has 0 atom stereocenters. The molecule has 0 N–H and O–H groups in total. The van der Waals surface area contributed by atoms with Gasteiger partial charge in [0.25, 0.3) is 11.8 Å². The molecule has 0 unspecified atom stereocenters. The van der Waals surface area contributed by atoms with Crippen LogP contribution in [0.25, 0.3) is 0 Å². The lowest BCUT2D eigenvalue weighted by atomic mass is 10.1. The van der Waals surface area contributed by atoms with E-state index in [9.17, 15) is 22.4 Å². The first-order chi connectivity index (χ1) is 15.6.